The third kappa shape index (κ3) is 3.86. The van der Waals surface area contributed by atoms with Crippen molar-refractivity contribution in [2.45, 2.75) is 68.3 Å². The molecule has 4 heterocycles. The van der Waals surface area contributed by atoms with Gasteiger partial charge in [0.25, 0.3) is 0 Å². The van der Waals surface area contributed by atoms with Crippen LogP contribution in [0.4, 0.5) is 11.7 Å². The van der Waals surface area contributed by atoms with E-state index in [2.05, 4.69) is 44.8 Å². The Bertz CT molecular complexity index is 1160. The van der Waals surface area contributed by atoms with Crippen molar-refractivity contribution >= 4 is 17.7 Å². The average Bonchev–Trinajstić information content (AvgIpc) is 3.27. The monoisotopic (exact) mass is 460 g/mol. The minimum atomic E-state index is -0.775. The Hall–Kier alpha value is -3.26. The van der Waals surface area contributed by atoms with Crippen LogP contribution in [0.3, 0.4) is 0 Å². The molecule has 2 N–H and O–H groups in total. The van der Waals surface area contributed by atoms with Gasteiger partial charge in [0, 0.05) is 16.9 Å². The summed E-state index contributed by atoms with van der Waals surface area (Å²) in [5, 5.41) is 20.6. The maximum Gasteiger partial charge on any atom is 0.320 e. The van der Waals surface area contributed by atoms with Crippen LogP contribution in [0.1, 0.15) is 68.7 Å². The van der Waals surface area contributed by atoms with Crippen LogP contribution in [0, 0.1) is 0 Å². The zero-order valence-corrected chi connectivity index (χ0v) is 19.0. The fraction of sp³-hybridized carbons (Fsp3) is 0.462. The van der Waals surface area contributed by atoms with Gasteiger partial charge in [0.2, 0.25) is 5.89 Å². The molecule has 4 fully saturated rings. The second kappa shape index (κ2) is 8.20. The second-order valence-corrected chi connectivity index (χ2v) is 10.0. The van der Waals surface area contributed by atoms with Gasteiger partial charge >= 0.3 is 12.0 Å². The van der Waals surface area contributed by atoms with Crippen LogP contribution in [-0.2, 0) is 14.9 Å². The second-order valence-electron chi connectivity index (χ2n) is 10.0. The van der Waals surface area contributed by atoms with E-state index >= 15 is 0 Å². The number of fused-ring (bicyclic) bond motifs is 3. The molecule has 0 radical (unpaired) electrons. The highest BCUT2D eigenvalue weighted by molar-refractivity contribution is 5.68. The van der Waals surface area contributed by atoms with Crippen molar-refractivity contribution in [3.8, 4) is 11.3 Å². The summed E-state index contributed by atoms with van der Waals surface area (Å²) in [5.41, 5.74) is 3.52. The Labute approximate surface area is 197 Å². The number of pyridine rings is 1. The third-order valence-corrected chi connectivity index (χ3v) is 7.95. The molecule has 7 rings (SSSR count). The molecule has 1 aromatic carbocycles. The number of hydrogen-bond donors (Lipinski definition) is 2. The summed E-state index contributed by atoms with van der Waals surface area (Å²) in [6.45, 7) is 0.594. The van der Waals surface area contributed by atoms with Crippen molar-refractivity contribution in [3.05, 3.63) is 54.0 Å². The molecule has 2 aromatic heterocycles. The summed E-state index contributed by atoms with van der Waals surface area (Å²) < 4.78 is 11.8. The first-order valence-corrected chi connectivity index (χ1v) is 12.1. The molecule has 2 saturated heterocycles. The van der Waals surface area contributed by atoms with Crippen LogP contribution in [0.5, 0.6) is 0 Å². The molecule has 34 heavy (non-hydrogen) atoms. The molecule has 2 aliphatic heterocycles. The molecule has 3 aromatic rings. The summed E-state index contributed by atoms with van der Waals surface area (Å²) in [5.74, 6) is 0.349. The minimum Gasteiger partial charge on any atom is -0.481 e. The van der Waals surface area contributed by atoms with Gasteiger partial charge in [-0.05, 0) is 56.2 Å². The average molecular weight is 461 g/mol. The molecule has 8 nitrogen and oxygen atoms in total. The molecular formula is C26H28N4O4. The highest BCUT2D eigenvalue weighted by atomic mass is 16.5. The lowest BCUT2D eigenvalue weighted by atomic mass is 9.62. The number of nitrogens with zero attached hydrogens (tertiary/aromatic N) is 3. The molecule has 8 heteroatoms. The lowest BCUT2D eigenvalue weighted by Crippen LogP contribution is -2.54. The van der Waals surface area contributed by atoms with E-state index < -0.39 is 11.6 Å². The number of nitrogens with one attached hydrogen (secondary N) is 1. The van der Waals surface area contributed by atoms with Crippen LogP contribution >= 0.6 is 0 Å². The maximum absolute atomic E-state index is 11.2. The fourth-order valence-corrected chi connectivity index (χ4v) is 5.50. The highest BCUT2D eigenvalue weighted by Gasteiger charge is 2.51. The van der Waals surface area contributed by atoms with Gasteiger partial charge in [-0.15, -0.1) is 5.10 Å². The van der Waals surface area contributed by atoms with Gasteiger partial charge in [-0.25, -0.2) is 0 Å². The molecule has 176 valence electrons. The fourth-order valence-electron chi connectivity index (χ4n) is 5.50. The number of benzene rings is 1. The number of hydrogen-bond acceptors (Lipinski definition) is 7. The molecule has 4 aliphatic rings. The molecular weight excluding hydrogens is 432 g/mol. The third-order valence-electron chi connectivity index (χ3n) is 7.95. The van der Waals surface area contributed by atoms with E-state index in [-0.39, 0.29) is 11.8 Å². The van der Waals surface area contributed by atoms with Gasteiger partial charge in [0.1, 0.15) is 0 Å². The first-order valence-electron chi connectivity index (χ1n) is 12.1. The first kappa shape index (κ1) is 21.3. The number of carboxylic acids is 1. The first-order chi connectivity index (χ1) is 16.5. The number of carboxylic acid groups (broad SMARTS) is 1. The Kier molecular flexibility index (Phi) is 5.13. The quantitative estimate of drug-likeness (QED) is 0.495. The molecule has 2 aliphatic carbocycles. The van der Waals surface area contributed by atoms with E-state index in [0.29, 0.717) is 24.4 Å². The van der Waals surface area contributed by atoms with Crippen LogP contribution in [0.2, 0.25) is 0 Å². The highest BCUT2D eigenvalue weighted by Crippen LogP contribution is 2.51. The summed E-state index contributed by atoms with van der Waals surface area (Å²) in [6, 6.07) is 12.9. The van der Waals surface area contributed by atoms with Crippen molar-refractivity contribution in [1.82, 2.24) is 15.2 Å². The SMILES string of the molecule is O=C(O)CC12CCC(c3ccc(-c4ccc(Nc5nnc(C6CCC6)o5)cn4)cc3)(CC1)CO2. The standard InChI is InChI=1S/C26H28N4O4/c31-22(32)14-26-12-10-25(11-13-26,16-33-26)19-6-4-17(5-7-19)21-9-8-20(15-27-21)28-24-30-29-23(34-24)18-2-1-3-18/h4-9,15,18H,1-3,10-14,16H2,(H,28,30)(H,31,32). The molecule has 0 spiro atoms. The molecule has 2 saturated carbocycles. The van der Waals surface area contributed by atoms with E-state index in [1.807, 2.05) is 12.1 Å². The minimum absolute atomic E-state index is 0.0115. The lowest BCUT2D eigenvalue weighted by molar-refractivity contribution is -0.174. The van der Waals surface area contributed by atoms with Crippen LogP contribution in [-0.4, -0.2) is 38.5 Å². The smallest absolute Gasteiger partial charge is 0.320 e. The van der Waals surface area contributed by atoms with Crippen molar-refractivity contribution in [2.24, 2.45) is 0 Å². The normalized spacial score (nSPS) is 26.2. The molecule has 0 atom stereocenters. The summed E-state index contributed by atoms with van der Waals surface area (Å²) in [6.07, 6.45) is 8.89. The molecule has 2 bridgehead atoms. The van der Waals surface area contributed by atoms with E-state index in [9.17, 15) is 9.90 Å². The number of carbonyl (C=O) groups is 1. The van der Waals surface area contributed by atoms with E-state index in [1.165, 1.54) is 12.0 Å². The van der Waals surface area contributed by atoms with Gasteiger partial charge in [-0.3, -0.25) is 9.78 Å². The Morgan fingerprint density at radius 1 is 1.06 bits per heavy atom. The van der Waals surface area contributed by atoms with Gasteiger partial charge in [0.15, 0.2) is 0 Å². The zero-order valence-electron chi connectivity index (χ0n) is 19.0. The Morgan fingerprint density at radius 2 is 1.85 bits per heavy atom. The van der Waals surface area contributed by atoms with Gasteiger partial charge < -0.3 is 19.6 Å². The van der Waals surface area contributed by atoms with Gasteiger partial charge in [-0.2, -0.15) is 0 Å². The summed E-state index contributed by atoms with van der Waals surface area (Å²) in [4.78, 5) is 15.8. The lowest BCUT2D eigenvalue weighted by Gasteiger charge is -2.53. The van der Waals surface area contributed by atoms with Crippen molar-refractivity contribution < 1.29 is 19.1 Å². The van der Waals surface area contributed by atoms with Gasteiger partial charge in [0.05, 0.1) is 36.2 Å². The number of anilines is 2. The Balaban J connectivity index is 1.11. The van der Waals surface area contributed by atoms with Gasteiger partial charge in [-0.1, -0.05) is 35.8 Å². The van der Waals surface area contributed by atoms with E-state index in [4.69, 9.17) is 9.15 Å². The van der Waals surface area contributed by atoms with Crippen molar-refractivity contribution in [3.63, 3.8) is 0 Å². The summed E-state index contributed by atoms with van der Waals surface area (Å²) >= 11 is 0. The number of rotatable bonds is 7. The van der Waals surface area contributed by atoms with Crippen molar-refractivity contribution in [2.75, 3.05) is 11.9 Å². The number of ether oxygens (including phenoxy) is 1. The number of aromatic nitrogens is 3. The van der Waals surface area contributed by atoms with Crippen LogP contribution in [0.15, 0.2) is 47.0 Å². The van der Waals surface area contributed by atoms with E-state index in [0.717, 1.165) is 55.5 Å². The van der Waals surface area contributed by atoms with Crippen molar-refractivity contribution in [1.29, 1.82) is 0 Å². The topological polar surface area (TPSA) is 110 Å². The Morgan fingerprint density at radius 3 is 2.44 bits per heavy atom. The van der Waals surface area contributed by atoms with Crippen LogP contribution < -0.4 is 5.32 Å². The number of aliphatic carboxylic acids is 1. The largest absolute Gasteiger partial charge is 0.481 e. The molecule has 0 unspecified atom stereocenters. The molecule has 0 amide bonds. The zero-order chi connectivity index (χ0) is 23.2. The van der Waals surface area contributed by atoms with E-state index in [1.54, 1.807) is 6.20 Å². The van der Waals surface area contributed by atoms with Crippen LogP contribution in [0.25, 0.3) is 11.3 Å². The predicted octanol–water partition coefficient (Wildman–Crippen LogP) is 5.20. The maximum atomic E-state index is 11.2. The predicted molar refractivity (Wildman–Crippen MR) is 125 cm³/mol. The summed E-state index contributed by atoms with van der Waals surface area (Å²) in [7, 11) is 0.